The van der Waals surface area contributed by atoms with E-state index in [1.807, 2.05) is 48.5 Å². The number of nitrogens with one attached hydrogen (secondary N) is 1. The highest BCUT2D eigenvalue weighted by atomic mass is 32.2. The number of ether oxygens (including phenoxy) is 3. The third-order valence-corrected chi connectivity index (χ3v) is 7.93. The van der Waals surface area contributed by atoms with Crippen LogP contribution >= 0.6 is 11.8 Å². The number of thioether (sulfide) groups is 1. The lowest BCUT2D eigenvalue weighted by Gasteiger charge is -2.39. The van der Waals surface area contributed by atoms with E-state index in [1.54, 1.807) is 0 Å². The van der Waals surface area contributed by atoms with Crippen LogP contribution in [-0.4, -0.2) is 106 Å². The number of fused-ring (bicyclic) bond motifs is 3. The van der Waals surface area contributed by atoms with Crippen molar-refractivity contribution in [3.05, 3.63) is 59.7 Å². The monoisotopic (exact) mass is 563 g/mol. The number of amides is 1. The lowest BCUT2D eigenvalue weighted by Crippen LogP contribution is -2.59. The van der Waals surface area contributed by atoms with E-state index in [4.69, 9.17) is 14.2 Å². The number of benzene rings is 2. The number of aliphatic hydroxyl groups is 4. The van der Waals surface area contributed by atoms with Gasteiger partial charge in [-0.05, 0) is 34.4 Å². The van der Waals surface area contributed by atoms with E-state index in [-0.39, 0.29) is 24.9 Å². The first-order chi connectivity index (χ1) is 18.8. The highest BCUT2D eigenvalue weighted by Crippen LogP contribution is 2.44. The molecular formula is C27H33NO10S. The number of hydrogen-bond acceptors (Lipinski definition) is 10. The first-order valence-corrected chi connectivity index (χ1v) is 13.8. The van der Waals surface area contributed by atoms with Gasteiger partial charge >= 0.3 is 12.1 Å². The van der Waals surface area contributed by atoms with Crippen LogP contribution in [0.5, 0.6) is 0 Å². The van der Waals surface area contributed by atoms with Crippen LogP contribution in [0.3, 0.4) is 0 Å². The van der Waals surface area contributed by atoms with Crippen molar-refractivity contribution < 1.29 is 49.3 Å². The summed E-state index contributed by atoms with van der Waals surface area (Å²) in [7, 11) is 0. The SMILES string of the molecule is O=C(N[C@@H](CSCCCO[C@@H]1O[C@H](CO)[C@@H](O)[C@H](O)[C@H]1O)C(=O)O)OCC1c2ccccc2-c2ccccc21. The zero-order valence-electron chi connectivity index (χ0n) is 21.1. The minimum Gasteiger partial charge on any atom is -0.480 e. The maximum Gasteiger partial charge on any atom is 0.407 e. The highest BCUT2D eigenvalue weighted by molar-refractivity contribution is 7.99. The van der Waals surface area contributed by atoms with Crippen LogP contribution in [0.25, 0.3) is 11.1 Å². The van der Waals surface area contributed by atoms with E-state index in [1.165, 1.54) is 11.8 Å². The van der Waals surface area contributed by atoms with Gasteiger partial charge in [0.15, 0.2) is 6.29 Å². The number of carboxylic acid groups (broad SMARTS) is 1. The molecule has 1 amide bonds. The molecule has 0 aromatic heterocycles. The normalized spacial score (nSPS) is 25.0. The van der Waals surface area contributed by atoms with Crippen molar-refractivity contribution in [2.45, 2.75) is 49.1 Å². The molecule has 0 bridgehead atoms. The van der Waals surface area contributed by atoms with Gasteiger partial charge in [-0.1, -0.05) is 48.5 Å². The average molecular weight is 564 g/mol. The molecule has 0 unspecified atom stereocenters. The summed E-state index contributed by atoms with van der Waals surface area (Å²) >= 11 is 1.29. The Labute approximate surface area is 229 Å². The molecule has 0 saturated carbocycles. The Morgan fingerprint density at radius 1 is 0.974 bits per heavy atom. The number of aliphatic hydroxyl groups excluding tert-OH is 4. The summed E-state index contributed by atoms with van der Waals surface area (Å²) in [6, 6.07) is 14.7. The summed E-state index contributed by atoms with van der Waals surface area (Å²) in [5.41, 5.74) is 4.31. The Balaban J connectivity index is 1.19. The van der Waals surface area contributed by atoms with Crippen molar-refractivity contribution in [1.82, 2.24) is 5.32 Å². The molecule has 1 fully saturated rings. The van der Waals surface area contributed by atoms with Crippen molar-refractivity contribution in [2.75, 3.05) is 31.3 Å². The van der Waals surface area contributed by atoms with E-state index >= 15 is 0 Å². The quantitative estimate of drug-likeness (QED) is 0.203. The second-order valence-corrected chi connectivity index (χ2v) is 10.5. The van der Waals surface area contributed by atoms with Gasteiger partial charge < -0.3 is 45.1 Å². The van der Waals surface area contributed by atoms with Crippen LogP contribution in [0.15, 0.2) is 48.5 Å². The number of aliphatic carboxylic acids is 1. The van der Waals surface area contributed by atoms with Crippen molar-refractivity contribution in [2.24, 2.45) is 0 Å². The molecule has 0 radical (unpaired) electrons. The van der Waals surface area contributed by atoms with E-state index in [0.717, 1.165) is 22.3 Å². The fourth-order valence-corrected chi connectivity index (χ4v) is 5.67. The number of rotatable bonds is 12. The summed E-state index contributed by atoms with van der Waals surface area (Å²) in [5, 5.41) is 50.8. The van der Waals surface area contributed by atoms with Crippen LogP contribution in [0, 0.1) is 0 Å². The van der Waals surface area contributed by atoms with E-state index in [9.17, 15) is 35.1 Å². The van der Waals surface area contributed by atoms with Crippen LogP contribution in [0.4, 0.5) is 4.79 Å². The molecular weight excluding hydrogens is 530 g/mol. The predicted octanol–water partition coefficient (Wildman–Crippen LogP) is 0.918. The second-order valence-electron chi connectivity index (χ2n) is 9.36. The maximum atomic E-state index is 12.5. The lowest BCUT2D eigenvalue weighted by atomic mass is 9.98. The smallest absolute Gasteiger partial charge is 0.407 e. The number of carboxylic acids is 1. The fraction of sp³-hybridized carbons (Fsp3) is 0.481. The molecule has 0 spiro atoms. The van der Waals surface area contributed by atoms with Gasteiger partial charge in [-0.15, -0.1) is 0 Å². The summed E-state index contributed by atoms with van der Waals surface area (Å²) in [4.78, 5) is 24.1. The number of hydrogen-bond donors (Lipinski definition) is 6. The van der Waals surface area contributed by atoms with Crippen molar-refractivity contribution in [1.29, 1.82) is 0 Å². The molecule has 1 aliphatic carbocycles. The van der Waals surface area contributed by atoms with Gasteiger partial charge in [0.05, 0.1) is 13.2 Å². The zero-order valence-corrected chi connectivity index (χ0v) is 21.9. The predicted molar refractivity (Wildman–Crippen MR) is 141 cm³/mol. The fourth-order valence-electron chi connectivity index (χ4n) is 4.72. The summed E-state index contributed by atoms with van der Waals surface area (Å²) in [6.45, 7) is -0.351. The molecule has 2 aromatic rings. The van der Waals surface area contributed by atoms with Crippen LogP contribution in [0.1, 0.15) is 23.5 Å². The van der Waals surface area contributed by atoms with E-state index in [0.29, 0.717) is 12.2 Å². The topological polar surface area (TPSA) is 175 Å². The lowest BCUT2D eigenvalue weighted by molar-refractivity contribution is -0.300. The average Bonchev–Trinajstić information content (AvgIpc) is 3.26. The maximum absolute atomic E-state index is 12.5. The van der Waals surface area contributed by atoms with Gasteiger partial charge in [-0.2, -0.15) is 11.8 Å². The van der Waals surface area contributed by atoms with Gasteiger partial charge in [-0.25, -0.2) is 9.59 Å². The van der Waals surface area contributed by atoms with Gasteiger partial charge in [0.2, 0.25) is 0 Å². The number of carbonyl (C=O) groups is 2. The molecule has 11 nitrogen and oxygen atoms in total. The van der Waals surface area contributed by atoms with Crippen LogP contribution < -0.4 is 5.32 Å². The first-order valence-electron chi connectivity index (χ1n) is 12.7. The van der Waals surface area contributed by atoms with Gasteiger partial charge in [0, 0.05) is 11.7 Å². The summed E-state index contributed by atoms with van der Waals surface area (Å²) < 4.78 is 16.1. The standard InChI is InChI=1S/C27H33NO10S/c29-12-21-22(30)23(31)24(32)26(38-21)36-10-5-11-39-14-20(25(33)34)28-27(35)37-13-19-17-8-3-1-6-15(17)16-7-2-4-9-18(16)19/h1-4,6-9,19-24,26,29-32H,5,10-14H2,(H,28,35)(H,33,34)/t20-,21+,22+,23-,24+,26+/m0/s1. The summed E-state index contributed by atoms with van der Waals surface area (Å²) in [5.74, 6) is -0.745. The Hall–Kier alpha value is -2.71. The van der Waals surface area contributed by atoms with E-state index in [2.05, 4.69) is 5.32 Å². The van der Waals surface area contributed by atoms with Crippen LogP contribution in [0.2, 0.25) is 0 Å². The molecule has 39 heavy (non-hydrogen) atoms. The van der Waals surface area contributed by atoms with Crippen molar-refractivity contribution in [3.8, 4) is 11.1 Å². The molecule has 212 valence electrons. The molecule has 4 rings (SSSR count). The number of alkyl carbamates (subject to hydrolysis) is 1. The van der Waals surface area contributed by atoms with Gasteiger partial charge in [0.25, 0.3) is 0 Å². The Morgan fingerprint density at radius 2 is 1.62 bits per heavy atom. The molecule has 1 saturated heterocycles. The van der Waals surface area contributed by atoms with E-state index < -0.39 is 55.4 Å². The zero-order chi connectivity index (χ0) is 27.9. The first kappa shape index (κ1) is 29.3. The third kappa shape index (κ3) is 6.90. The third-order valence-electron chi connectivity index (χ3n) is 6.78. The molecule has 12 heteroatoms. The van der Waals surface area contributed by atoms with Crippen molar-refractivity contribution >= 4 is 23.8 Å². The molecule has 1 heterocycles. The number of carbonyl (C=O) groups excluding carboxylic acids is 1. The molecule has 6 N–H and O–H groups in total. The Morgan fingerprint density at radius 3 is 2.23 bits per heavy atom. The van der Waals surface area contributed by atoms with Gasteiger partial charge in [-0.3, -0.25) is 0 Å². The molecule has 2 aliphatic rings. The Bertz CT molecular complexity index is 1090. The second kappa shape index (κ2) is 13.6. The molecule has 6 atom stereocenters. The van der Waals surface area contributed by atoms with Gasteiger partial charge in [0.1, 0.15) is 37.1 Å². The minimum absolute atomic E-state index is 0.0780. The van der Waals surface area contributed by atoms with Crippen LogP contribution in [-0.2, 0) is 19.0 Å². The van der Waals surface area contributed by atoms with Crippen molar-refractivity contribution in [3.63, 3.8) is 0 Å². The largest absolute Gasteiger partial charge is 0.480 e. The highest BCUT2D eigenvalue weighted by Gasteiger charge is 2.43. The Kier molecular flexibility index (Phi) is 10.2. The molecule has 2 aromatic carbocycles. The molecule has 1 aliphatic heterocycles. The summed E-state index contributed by atoms with van der Waals surface area (Å²) in [6.07, 6.45) is -7.08. The minimum atomic E-state index is -1.52.